The van der Waals surface area contributed by atoms with Gasteiger partial charge in [0.2, 0.25) is 5.95 Å². The van der Waals surface area contributed by atoms with Crippen molar-refractivity contribution in [3.8, 4) is 0 Å². The number of benzene rings is 1. The molecule has 0 atom stereocenters. The van der Waals surface area contributed by atoms with E-state index in [-0.39, 0.29) is 27.7 Å². The third kappa shape index (κ3) is 2.65. The fourth-order valence-corrected chi connectivity index (χ4v) is 1.62. The minimum atomic E-state index is -0.640. The molecule has 0 aliphatic rings. The van der Waals surface area contributed by atoms with Gasteiger partial charge in [-0.15, -0.1) is 0 Å². The van der Waals surface area contributed by atoms with Gasteiger partial charge >= 0.3 is 0 Å². The third-order valence-corrected chi connectivity index (χ3v) is 2.64. The predicted molar refractivity (Wildman–Crippen MR) is 68.2 cm³/mol. The summed E-state index contributed by atoms with van der Waals surface area (Å²) in [7, 11) is 0. The SMILES string of the molecule is Nc1cc(Nc2cc(F)c(Br)cc2F)nc(N)n1. The van der Waals surface area contributed by atoms with Crippen LogP contribution in [0, 0.1) is 11.6 Å². The first-order valence-electron chi connectivity index (χ1n) is 4.77. The molecule has 1 aromatic carbocycles. The van der Waals surface area contributed by atoms with E-state index in [1.54, 1.807) is 0 Å². The van der Waals surface area contributed by atoms with Crippen molar-refractivity contribution in [1.82, 2.24) is 9.97 Å². The van der Waals surface area contributed by atoms with Gasteiger partial charge in [0.05, 0.1) is 10.2 Å². The topological polar surface area (TPSA) is 89.8 Å². The number of halogens is 3. The summed E-state index contributed by atoms with van der Waals surface area (Å²) in [6.07, 6.45) is 0. The summed E-state index contributed by atoms with van der Waals surface area (Å²) in [5.74, 6) is -0.993. The largest absolute Gasteiger partial charge is 0.383 e. The number of rotatable bonds is 2. The van der Waals surface area contributed by atoms with Gasteiger partial charge in [0.15, 0.2) is 0 Å². The molecule has 0 unspecified atom stereocenters. The van der Waals surface area contributed by atoms with Crippen LogP contribution in [-0.2, 0) is 0 Å². The zero-order chi connectivity index (χ0) is 13.3. The van der Waals surface area contributed by atoms with Crippen molar-refractivity contribution in [1.29, 1.82) is 0 Å². The molecule has 8 heteroatoms. The standard InChI is InChI=1S/C10H8BrF2N5/c11-4-1-6(13)7(2-5(4)12)16-9-3-8(14)17-10(15)18-9/h1-3H,(H5,14,15,16,17,18). The second kappa shape index (κ2) is 4.73. The van der Waals surface area contributed by atoms with Crippen molar-refractivity contribution in [2.75, 3.05) is 16.8 Å². The Labute approximate surface area is 109 Å². The number of aromatic nitrogens is 2. The van der Waals surface area contributed by atoms with Crippen LogP contribution in [0.15, 0.2) is 22.7 Å². The molecule has 0 spiro atoms. The molecule has 0 aliphatic heterocycles. The second-order valence-electron chi connectivity index (χ2n) is 3.41. The molecule has 1 heterocycles. The lowest BCUT2D eigenvalue weighted by molar-refractivity contribution is 0.598. The first-order valence-corrected chi connectivity index (χ1v) is 5.56. The minimum absolute atomic E-state index is 0.0345. The summed E-state index contributed by atoms with van der Waals surface area (Å²) in [4.78, 5) is 7.46. The zero-order valence-electron chi connectivity index (χ0n) is 8.92. The third-order valence-electron chi connectivity index (χ3n) is 2.04. The molecule has 0 radical (unpaired) electrons. The smallest absolute Gasteiger partial charge is 0.223 e. The molecule has 18 heavy (non-hydrogen) atoms. The highest BCUT2D eigenvalue weighted by Crippen LogP contribution is 2.25. The lowest BCUT2D eigenvalue weighted by Gasteiger charge is -2.08. The normalized spacial score (nSPS) is 10.4. The molecule has 0 bridgehead atoms. The van der Waals surface area contributed by atoms with Gasteiger partial charge in [-0.05, 0) is 22.0 Å². The second-order valence-corrected chi connectivity index (χ2v) is 4.26. The summed E-state index contributed by atoms with van der Waals surface area (Å²) in [6, 6.07) is 3.36. The minimum Gasteiger partial charge on any atom is -0.383 e. The van der Waals surface area contributed by atoms with E-state index in [1.165, 1.54) is 6.07 Å². The van der Waals surface area contributed by atoms with Crippen molar-refractivity contribution in [3.63, 3.8) is 0 Å². The molecule has 0 fully saturated rings. The lowest BCUT2D eigenvalue weighted by atomic mass is 10.3. The van der Waals surface area contributed by atoms with E-state index in [0.717, 1.165) is 12.1 Å². The van der Waals surface area contributed by atoms with E-state index in [1.807, 2.05) is 0 Å². The van der Waals surface area contributed by atoms with E-state index >= 15 is 0 Å². The number of hydrogen-bond acceptors (Lipinski definition) is 5. The molecular weight excluding hydrogens is 308 g/mol. The van der Waals surface area contributed by atoms with Gasteiger partial charge in [0, 0.05) is 12.1 Å². The number of nitrogens with one attached hydrogen (secondary N) is 1. The molecule has 2 aromatic rings. The lowest BCUT2D eigenvalue weighted by Crippen LogP contribution is -2.04. The first kappa shape index (κ1) is 12.5. The van der Waals surface area contributed by atoms with Gasteiger partial charge in [-0.2, -0.15) is 9.97 Å². The molecule has 94 valence electrons. The Kier molecular flexibility index (Phi) is 3.28. The van der Waals surface area contributed by atoms with Crippen LogP contribution in [0.4, 0.5) is 32.1 Å². The fourth-order valence-electron chi connectivity index (χ4n) is 1.31. The number of nitrogen functional groups attached to an aromatic ring is 2. The van der Waals surface area contributed by atoms with Crippen LogP contribution >= 0.6 is 15.9 Å². The van der Waals surface area contributed by atoms with Crippen molar-refractivity contribution in [2.45, 2.75) is 0 Å². The molecule has 0 aliphatic carbocycles. The van der Waals surface area contributed by atoms with E-state index in [9.17, 15) is 8.78 Å². The number of nitrogens with zero attached hydrogens (tertiary/aromatic N) is 2. The van der Waals surface area contributed by atoms with Crippen LogP contribution in [-0.4, -0.2) is 9.97 Å². The van der Waals surface area contributed by atoms with E-state index in [4.69, 9.17) is 11.5 Å². The fraction of sp³-hybridized carbons (Fsp3) is 0. The van der Waals surface area contributed by atoms with Crippen molar-refractivity contribution in [3.05, 3.63) is 34.3 Å². The monoisotopic (exact) mass is 315 g/mol. The quantitative estimate of drug-likeness (QED) is 0.740. The van der Waals surface area contributed by atoms with Crippen LogP contribution in [0.25, 0.3) is 0 Å². The first-order chi connectivity index (χ1) is 8.45. The molecule has 0 amide bonds. The van der Waals surface area contributed by atoms with Crippen molar-refractivity contribution >= 4 is 39.2 Å². The predicted octanol–water partition coefficient (Wildman–Crippen LogP) is 2.43. The maximum absolute atomic E-state index is 13.6. The molecule has 1 aromatic heterocycles. The van der Waals surface area contributed by atoms with Crippen LogP contribution in [0.5, 0.6) is 0 Å². The van der Waals surface area contributed by atoms with E-state index < -0.39 is 11.6 Å². The Balaban J connectivity index is 2.36. The van der Waals surface area contributed by atoms with Crippen LogP contribution in [0.3, 0.4) is 0 Å². The number of anilines is 4. The Bertz CT molecular complexity index is 585. The van der Waals surface area contributed by atoms with Crippen LogP contribution in [0.1, 0.15) is 0 Å². The Hall–Kier alpha value is -1.96. The van der Waals surface area contributed by atoms with Gasteiger partial charge in [-0.3, -0.25) is 0 Å². The summed E-state index contributed by atoms with van der Waals surface area (Å²) in [5.41, 5.74) is 10.8. The molecule has 2 rings (SSSR count). The Morgan fingerprint density at radius 2 is 1.78 bits per heavy atom. The number of nitrogens with two attached hydrogens (primary N) is 2. The highest BCUT2D eigenvalue weighted by Gasteiger charge is 2.09. The summed E-state index contributed by atoms with van der Waals surface area (Å²) < 4.78 is 26.9. The molecule has 0 saturated carbocycles. The molecule has 0 saturated heterocycles. The highest BCUT2D eigenvalue weighted by molar-refractivity contribution is 9.10. The summed E-state index contributed by atoms with van der Waals surface area (Å²) in [6.45, 7) is 0. The van der Waals surface area contributed by atoms with Crippen molar-refractivity contribution < 1.29 is 8.78 Å². The van der Waals surface area contributed by atoms with Crippen molar-refractivity contribution in [2.24, 2.45) is 0 Å². The van der Waals surface area contributed by atoms with Crippen LogP contribution < -0.4 is 16.8 Å². The van der Waals surface area contributed by atoms with E-state index in [0.29, 0.717) is 0 Å². The van der Waals surface area contributed by atoms with Crippen LogP contribution in [0.2, 0.25) is 0 Å². The van der Waals surface area contributed by atoms with Gasteiger partial charge in [-0.1, -0.05) is 0 Å². The summed E-state index contributed by atoms with van der Waals surface area (Å²) >= 11 is 2.88. The zero-order valence-corrected chi connectivity index (χ0v) is 10.5. The van der Waals surface area contributed by atoms with Gasteiger partial charge in [0.25, 0.3) is 0 Å². The van der Waals surface area contributed by atoms with E-state index in [2.05, 4.69) is 31.2 Å². The van der Waals surface area contributed by atoms with Gasteiger partial charge < -0.3 is 16.8 Å². The Morgan fingerprint density at radius 3 is 2.44 bits per heavy atom. The Morgan fingerprint density at radius 1 is 1.06 bits per heavy atom. The molecule has 5 nitrogen and oxygen atoms in total. The maximum Gasteiger partial charge on any atom is 0.223 e. The van der Waals surface area contributed by atoms with Gasteiger partial charge in [-0.25, -0.2) is 8.78 Å². The molecule has 5 N–H and O–H groups in total. The highest BCUT2D eigenvalue weighted by atomic mass is 79.9. The molecular formula is C10H8BrF2N5. The average molecular weight is 316 g/mol. The average Bonchev–Trinajstić information content (AvgIpc) is 2.24. The number of hydrogen-bond donors (Lipinski definition) is 3. The maximum atomic E-state index is 13.6. The summed E-state index contributed by atoms with van der Waals surface area (Å²) in [5, 5.41) is 2.57. The van der Waals surface area contributed by atoms with Gasteiger partial charge in [0.1, 0.15) is 23.3 Å².